The van der Waals surface area contributed by atoms with Gasteiger partial charge in [-0.25, -0.2) is 0 Å². The van der Waals surface area contributed by atoms with Crippen LogP contribution in [0.2, 0.25) is 0 Å². The summed E-state index contributed by atoms with van der Waals surface area (Å²) in [7, 11) is 0. The van der Waals surface area contributed by atoms with E-state index in [-0.39, 0.29) is 11.1 Å². The summed E-state index contributed by atoms with van der Waals surface area (Å²) in [5.74, 6) is 0.00451. The molecule has 0 fully saturated rings. The molecule has 1 aliphatic rings. The van der Waals surface area contributed by atoms with Crippen LogP contribution in [-0.4, -0.2) is 18.0 Å². The van der Waals surface area contributed by atoms with Gasteiger partial charge < -0.3 is 10.2 Å². The second-order valence-electron chi connectivity index (χ2n) is 8.11. The summed E-state index contributed by atoms with van der Waals surface area (Å²) in [6, 6.07) is 15.6. The Hall–Kier alpha value is -2.58. The first-order valence-corrected chi connectivity index (χ1v) is 10.6. The lowest BCUT2D eigenvalue weighted by atomic mass is 9.79. The van der Waals surface area contributed by atoms with Crippen LogP contribution in [0.3, 0.4) is 0 Å². The second kappa shape index (κ2) is 8.42. The van der Waals surface area contributed by atoms with Gasteiger partial charge in [0.15, 0.2) is 0 Å². The highest BCUT2D eigenvalue weighted by molar-refractivity contribution is 9.10. The normalized spacial score (nSPS) is 18.0. The standard InChI is InChI=1S/C24H26BrN3O/c1-5-28-22-10-9-17(12-21(22)16(2)14-24(28,3)4)11-18(15-26)23(29)27-20-8-6-7-19(25)13-20/h6-13,16H,5,14H2,1-4H3,(H,27,29)/b18-11-/t16-/m0/s1. The quantitative estimate of drug-likeness (QED) is 0.450. The van der Waals surface area contributed by atoms with Crippen molar-refractivity contribution in [1.29, 1.82) is 5.26 Å². The van der Waals surface area contributed by atoms with Gasteiger partial charge in [0.25, 0.3) is 5.91 Å². The highest BCUT2D eigenvalue weighted by atomic mass is 79.9. The van der Waals surface area contributed by atoms with E-state index >= 15 is 0 Å². The molecule has 5 heteroatoms. The van der Waals surface area contributed by atoms with Gasteiger partial charge in [0.05, 0.1) is 0 Å². The van der Waals surface area contributed by atoms with E-state index in [1.165, 1.54) is 11.3 Å². The smallest absolute Gasteiger partial charge is 0.266 e. The molecular weight excluding hydrogens is 426 g/mol. The minimum atomic E-state index is -0.410. The van der Waals surface area contributed by atoms with Crippen molar-refractivity contribution in [2.24, 2.45) is 0 Å². The molecule has 29 heavy (non-hydrogen) atoms. The Morgan fingerprint density at radius 3 is 2.76 bits per heavy atom. The third-order valence-electron chi connectivity index (χ3n) is 5.48. The molecule has 4 nitrogen and oxygen atoms in total. The minimum absolute atomic E-state index is 0.0843. The van der Waals surface area contributed by atoms with Gasteiger partial charge in [0.1, 0.15) is 11.6 Å². The Labute approximate surface area is 181 Å². The maximum atomic E-state index is 12.6. The van der Waals surface area contributed by atoms with Crippen LogP contribution in [0.15, 0.2) is 52.5 Å². The molecule has 1 aliphatic heterocycles. The van der Waals surface area contributed by atoms with Gasteiger partial charge in [-0.3, -0.25) is 4.79 Å². The minimum Gasteiger partial charge on any atom is -0.366 e. The Morgan fingerprint density at radius 1 is 1.34 bits per heavy atom. The SMILES string of the molecule is CCN1c2ccc(/C=C(/C#N)C(=O)Nc3cccc(Br)c3)cc2[C@@H](C)CC1(C)C. The number of benzene rings is 2. The van der Waals surface area contributed by atoms with E-state index in [1.54, 1.807) is 18.2 Å². The molecule has 2 aromatic carbocycles. The fourth-order valence-electron chi connectivity index (χ4n) is 4.28. The number of fused-ring (bicyclic) bond motifs is 1. The van der Waals surface area contributed by atoms with Crippen LogP contribution in [-0.2, 0) is 4.79 Å². The monoisotopic (exact) mass is 451 g/mol. The Balaban J connectivity index is 1.90. The zero-order valence-corrected chi connectivity index (χ0v) is 18.9. The van der Waals surface area contributed by atoms with Gasteiger partial charge in [-0.1, -0.05) is 35.0 Å². The highest BCUT2D eigenvalue weighted by Crippen LogP contribution is 2.43. The van der Waals surface area contributed by atoms with E-state index in [2.05, 4.69) is 66.0 Å². The molecule has 0 bridgehead atoms. The third kappa shape index (κ3) is 4.54. The van der Waals surface area contributed by atoms with Crippen molar-refractivity contribution in [3.05, 3.63) is 63.6 Å². The lowest BCUT2D eigenvalue weighted by Crippen LogP contribution is -2.48. The average Bonchev–Trinajstić information content (AvgIpc) is 2.66. The van der Waals surface area contributed by atoms with Crippen molar-refractivity contribution >= 4 is 39.3 Å². The fourth-order valence-corrected chi connectivity index (χ4v) is 4.68. The molecule has 0 spiro atoms. The number of carbonyl (C=O) groups is 1. The lowest BCUT2D eigenvalue weighted by Gasteiger charge is -2.47. The molecule has 1 amide bonds. The summed E-state index contributed by atoms with van der Waals surface area (Å²) in [6.07, 6.45) is 2.73. The van der Waals surface area contributed by atoms with E-state index in [1.807, 2.05) is 24.3 Å². The Bertz CT molecular complexity index is 1000. The van der Waals surface area contributed by atoms with Gasteiger partial charge >= 0.3 is 0 Å². The van der Waals surface area contributed by atoms with E-state index in [0.717, 1.165) is 23.0 Å². The van der Waals surface area contributed by atoms with Crippen molar-refractivity contribution in [1.82, 2.24) is 0 Å². The fraction of sp³-hybridized carbons (Fsp3) is 0.333. The zero-order chi connectivity index (χ0) is 21.2. The molecule has 0 radical (unpaired) electrons. The number of nitrogens with one attached hydrogen (secondary N) is 1. The number of amides is 1. The van der Waals surface area contributed by atoms with E-state index in [0.29, 0.717) is 11.6 Å². The van der Waals surface area contributed by atoms with Crippen molar-refractivity contribution in [2.75, 3.05) is 16.8 Å². The lowest BCUT2D eigenvalue weighted by molar-refractivity contribution is -0.112. The second-order valence-corrected chi connectivity index (χ2v) is 9.03. The van der Waals surface area contributed by atoms with Gasteiger partial charge in [0, 0.05) is 27.9 Å². The Kier molecular flexibility index (Phi) is 6.14. The maximum absolute atomic E-state index is 12.6. The van der Waals surface area contributed by atoms with Gasteiger partial charge in [-0.2, -0.15) is 5.26 Å². The summed E-state index contributed by atoms with van der Waals surface area (Å²) in [5.41, 5.74) is 4.22. The number of nitriles is 1. The highest BCUT2D eigenvalue weighted by Gasteiger charge is 2.35. The summed E-state index contributed by atoms with van der Waals surface area (Å²) in [5, 5.41) is 12.3. The van der Waals surface area contributed by atoms with Gasteiger partial charge in [-0.05, 0) is 80.6 Å². The largest absolute Gasteiger partial charge is 0.366 e. The number of nitrogens with zero attached hydrogens (tertiary/aromatic N) is 2. The first-order chi connectivity index (χ1) is 13.7. The number of rotatable bonds is 4. The first kappa shape index (κ1) is 21.1. The summed E-state index contributed by atoms with van der Waals surface area (Å²) in [4.78, 5) is 15.0. The molecule has 0 aliphatic carbocycles. The van der Waals surface area contributed by atoms with Crippen molar-refractivity contribution in [3.63, 3.8) is 0 Å². The molecule has 1 N–H and O–H groups in total. The molecule has 0 aromatic heterocycles. The maximum Gasteiger partial charge on any atom is 0.266 e. The molecule has 0 unspecified atom stereocenters. The molecule has 2 aromatic rings. The van der Waals surface area contributed by atoms with Crippen LogP contribution in [0.1, 0.15) is 51.2 Å². The van der Waals surface area contributed by atoms with Crippen LogP contribution in [0.4, 0.5) is 11.4 Å². The van der Waals surface area contributed by atoms with Crippen LogP contribution in [0.25, 0.3) is 6.08 Å². The summed E-state index contributed by atoms with van der Waals surface area (Å²) in [6.45, 7) is 9.93. The van der Waals surface area contributed by atoms with Crippen LogP contribution in [0, 0.1) is 11.3 Å². The summed E-state index contributed by atoms with van der Waals surface area (Å²) < 4.78 is 0.866. The number of carbonyl (C=O) groups excluding carboxylic acids is 1. The van der Waals surface area contributed by atoms with Crippen LogP contribution in [0.5, 0.6) is 0 Å². The van der Waals surface area contributed by atoms with Crippen molar-refractivity contribution in [2.45, 2.75) is 45.6 Å². The molecule has 3 rings (SSSR count). The number of anilines is 2. The Morgan fingerprint density at radius 2 is 2.10 bits per heavy atom. The molecule has 1 atom stereocenters. The van der Waals surface area contributed by atoms with E-state index < -0.39 is 5.91 Å². The predicted octanol–water partition coefficient (Wildman–Crippen LogP) is 6.11. The van der Waals surface area contributed by atoms with E-state index in [9.17, 15) is 10.1 Å². The van der Waals surface area contributed by atoms with Gasteiger partial charge in [0.2, 0.25) is 0 Å². The van der Waals surface area contributed by atoms with Crippen molar-refractivity contribution < 1.29 is 4.79 Å². The first-order valence-electron chi connectivity index (χ1n) is 9.85. The van der Waals surface area contributed by atoms with Crippen molar-refractivity contribution in [3.8, 4) is 6.07 Å². The molecular formula is C24H26BrN3O. The third-order valence-corrected chi connectivity index (χ3v) is 5.98. The molecule has 0 saturated carbocycles. The molecule has 150 valence electrons. The summed E-state index contributed by atoms with van der Waals surface area (Å²) >= 11 is 3.38. The van der Waals surface area contributed by atoms with E-state index in [4.69, 9.17) is 0 Å². The molecule has 0 saturated heterocycles. The average molecular weight is 452 g/mol. The predicted molar refractivity (Wildman–Crippen MR) is 123 cm³/mol. The zero-order valence-electron chi connectivity index (χ0n) is 17.3. The number of hydrogen-bond acceptors (Lipinski definition) is 3. The number of halogens is 1. The van der Waals surface area contributed by atoms with Gasteiger partial charge in [-0.15, -0.1) is 0 Å². The molecule has 1 heterocycles. The van der Waals surface area contributed by atoms with Crippen LogP contribution >= 0.6 is 15.9 Å². The topological polar surface area (TPSA) is 56.1 Å². The van der Waals surface area contributed by atoms with Crippen LogP contribution < -0.4 is 10.2 Å². The number of hydrogen-bond donors (Lipinski definition) is 1.